The van der Waals surface area contributed by atoms with Gasteiger partial charge in [0.05, 0.1) is 11.7 Å². The zero-order chi connectivity index (χ0) is 19.9. The van der Waals surface area contributed by atoms with Gasteiger partial charge < -0.3 is 5.32 Å². The summed E-state index contributed by atoms with van der Waals surface area (Å²) in [5.41, 5.74) is 2.32. The molecular formula is C18H16F3N7. The standard InChI is InChI=1S/C18H16F3N7/c1-11-10-15(28-17(23-11)25-16(26-28)18(19,20)21)24-12(2)13-6-3-4-7-14(13)27-9-5-8-22-27/h3-10,12,24H,1-2H3. The lowest BCUT2D eigenvalue weighted by Crippen LogP contribution is -2.14. The third-order valence-corrected chi connectivity index (χ3v) is 4.21. The fourth-order valence-corrected chi connectivity index (χ4v) is 2.98. The van der Waals surface area contributed by atoms with E-state index in [1.54, 1.807) is 23.9 Å². The Labute approximate surface area is 157 Å². The number of aryl methyl sites for hydroxylation is 1. The molecule has 0 saturated heterocycles. The van der Waals surface area contributed by atoms with Gasteiger partial charge in [0.2, 0.25) is 0 Å². The third kappa shape index (κ3) is 3.28. The second-order valence-corrected chi connectivity index (χ2v) is 6.30. The van der Waals surface area contributed by atoms with E-state index < -0.39 is 12.0 Å². The highest BCUT2D eigenvalue weighted by Crippen LogP contribution is 2.28. The van der Waals surface area contributed by atoms with Crippen LogP contribution in [-0.2, 0) is 6.18 Å². The molecule has 3 aromatic heterocycles. The van der Waals surface area contributed by atoms with Crippen molar-refractivity contribution >= 4 is 11.6 Å². The molecular weight excluding hydrogens is 371 g/mol. The summed E-state index contributed by atoms with van der Waals surface area (Å²) in [5.74, 6) is -0.964. The number of hydrogen-bond donors (Lipinski definition) is 1. The molecule has 0 aliphatic heterocycles. The average molecular weight is 387 g/mol. The van der Waals surface area contributed by atoms with Crippen molar-refractivity contribution in [1.82, 2.24) is 29.4 Å². The van der Waals surface area contributed by atoms with Crippen molar-refractivity contribution in [2.24, 2.45) is 0 Å². The molecule has 0 bridgehead atoms. The van der Waals surface area contributed by atoms with Crippen LogP contribution < -0.4 is 5.32 Å². The molecule has 0 aliphatic rings. The van der Waals surface area contributed by atoms with Crippen LogP contribution in [-0.4, -0.2) is 29.4 Å². The van der Waals surface area contributed by atoms with Gasteiger partial charge in [0, 0.05) is 24.2 Å². The first-order valence-corrected chi connectivity index (χ1v) is 8.50. The molecule has 0 radical (unpaired) electrons. The van der Waals surface area contributed by atoms with E-state index in [0.717, 1.165) is 15.8 Å². The lowest BCUT2D eigenvalue weighted by atomic mass is 10.1. The molecule has 3 heterocycles. The summed E-state index contributed by atoms with van der Waals surface area (Å²) in [6.07, 6.45) is -1.14. The van der Waals surface area contributed by atoms with Gasteiger partial charge >= 0.3 is 6.18 Å². The van der Waals surface area contributed by atoms with Gasteiger partial charge in [-0.25, -0.2) is 9.67 Å². The number of hydrogen-bond acceptors (Lipinski definition) is 5. The minimum Gasteiger partial charge on any atom is -0.363 e. The number of nitrogens with zero attached hydrogens (tertiary/aromatic N) is 6. The largest absolute Gasteiger partial charge is 0.453 e. The molecule has 1 unspecified atom stereocenters. The molecule has 1 N–H and O–H groups in total. The third-order valence-electron chi connectivity index (χ3n) is 4.21. The Kier molecular flexibility index (Phi) is 4.25. The van der Waals surface area contributed by atoms with Crippen LogP contribution in [0.1, 0.15) is 30.0 Å². The van der Waals surface area contributed by atoms with E-state index in [1.165, 1.54) is 0 Å². The lowest BCUT2D eigenvalue weighted by molar-refractivity contribution is -0.144. The Morgan fingerprint density at radius 1 is 1.11 bits per heavy atom. The second kappa shape index (κ2) is 6.63. The molecule has 144 valence electrons. The minimum absolute atomic E-state index is 0.109. The molecule has 0 saturated carbocycles. The molecule has 10 heteroatoms. The van der Waals surface area contributed by atoms with Crippen LogP contribution in [0, 0.1) is 6.92 Å². The maximum atomic E-state index is 13.0. The first-order valence-electron chi connectivity index (χ1n) is 8.50. The van der Waals surface area contributed by atoms with Gasteiger partial charge in [-0.05, 0) is 31.5 Å². The summed E-state index contributed by atoms with van der Waals surface area (Å²) in [6.45, 7) is 3.60. The van der Waals surface area contributed by atoms with E-state index in [0.29, 0.717) is 11.5 Å². The number of benzene rings is 1. The van der Waals surface area contributed by atoms with Gasteiger partial charge in [-0.2, -0.15) is 27.8 Å². The number of halogens is 3. The molecule has 28 heavy (non-hydrogen) atoms. The Morgan fingerprint density at radius 2 is 1.89 bits per heavy atom. The highest BCUT2D eigenvalue weighted by Gasteiger charge is 2.37. The monoisotopic (exact) mass is 387 g/mol. The summed E-state index contributed by atoms with van der Waals surface area (Å²) < 4.78 is 41.8. The smallest absolute Gasteiger partial charge is 0.363 e. The van der Waals surface area contributed by atoms with Gasteiger partial charge in [-0.3, -0.25) is 0 Å². The number of anilines is 1. The van der Waals surface area contributed by atoms with Crippen molar-refractivity contribution < 1.29 is 13.2 Å². The van der Waals surface area contributed by atoms with E-state index >= 15 is 0 Å². The second-order valence-electron chi connectivity index (χ2n) is 6.30. The SMILES string of the molecule is Cc1cc(NC(C)c2ccccc2-n2cccn2)n2nc(C(F)(F)F)nc2n1. The Balaban J connectivity index is 1.74. The maximum Gasteiger partial charge on any atom is 0.453 e. The number of fused-ring (bicyclic) bond motifs is 1. The minimum atomic E-state index is -4.64. The number of aromatic nitrogens is 6. The molecule has 4 rings (SSSR count). The maximum absolute atomic E-state index is 13.0. The quantitative estimate of drug-likeness (QED) is 0.577. The summed E-state index contributed by atoms with van der Waals surface area (Å²) in [5, 5.41) is 11.1. The highest BCUT2D eigenvalue weighted by molar-refractivity contribution is 5.50. The van der Waals surface area contributed by atoms with E-state index in [-0.39, 0.29) is 11.8 Å². The van der Waals surface area contributed by atoms with Gasteiger partial charge in [0.1, 0.15) is 5.82 Å². The van der Waals surface area contributed by atoms with Gasteiger partial charge in [0.15, 0.2) is 0 Å². The molecule has 0 spiro atoms. The van der Waals surface area contributed by atoms with E-state index in [4.69, 9.17) is 0 Å². The molecule has 0 aliphatic carbocycles. The highest BCUT2D eigenvalue weighted by atomic mass is 19.4. The normalized spacial score (nSPS) is 13.0. The van der Waals surface area contributed by atoms with Crippen LogP contribution in [0.3, 0.4) is 0 Å². The molecule has 0 amide bonds. The zero-order valence-corrected chi connectivity index (χ0v) is 15.0. The van der Waals surface area contributed by atoms with Crippen molar-refractivity contribution in [3.63, 3.8) is 0 Å². The van der Waals surface area contributed by atoms with Crippen molar-refractivity contribution in [3.05, 3.63) is 65.9 Å². The number of alkyl halides is 3. The van der Waals surface area contributed by atoms with Crippen LogP contribution in [0.15, 0.2) is 48.8 Å². The number of para-hydroxylation sites is 1. The summed E-state index contributed by atoms with van der Waals surface area (Å²) in [4.78, 5) is 7.55. The van der Waals surface area contributed by atoms with Crippen molar-refractivity contribution in [2.45, 2.75) is 26.1 Å². The first-order chi connectivity index (χ1) is 13.3. The van der Waals surface area contributed by atoms with Crippen molar-refractivity contribution in [3.8, 4) is 5.69 Å². The van der Waals surface area contributed by atoms with Gasteiger partial charge in [0.25, 0.3) is 11.6 Å². The number of rotatable bonds is 4. The van der Waals surface area contributed by atoms with Crippen LogP contribution >= 0.6 is 0 Å². The Morgan fingerprint density at radius 3 is 2.61 bits per heavy atom. The number of nitrogens with one attached hydrogen (secondary N) is 1. The van der Waals surface area contributed by atoms with Crippen LogP contribution in [0.2, 0.25) is 0 Å². The van der Waals surface area contributed by atoms with Crippen LogP contribution in [0.5, 0.6) is 0 Å². The predicted octanol–water partition coefficient (Wildman–Crippen LogP) is 3.81. The molecule has 7 nitrogen and oxygen atoms in total. The average Bonchev–Trinajstić information content (AvgIpc) is 3.31. The summed E-state index contributed by atoms with van der Waals surface area (Å²) >= 11 is 0. The Hall–Kier alpha value is -3.43. The summed E-state index contributed by atoms with van der Waals surface area (Å²) in [6, 6.07) is 10.9. The zero-order valence-electron chi connectivity index (χ0n) is 15.0. The van der Waals surface area contributed by atoms with E-state index in [9.17, 15) is 13.2 Å². The van der Waals surface area contributed by atoms with Gasteiger partial charge in [-0.1, -0.05) is 18.2 Å². The predicted molar refractivity (Wildman–Crippen MR) is 96.1 cm³/mol. The van der Waals surface area contributed by atoms with Crippen molar-refractivity contribution in [2.75, 3.05) is 5.32 Å². The van der Waals surface area contributed by atoms with Crippen LogP contribution in [0.25, 0.3) is 11.5 Å². The molecule has 1 atom stereocenters. The lowest BCUT2D eigenvalue weighted by Gasteiger charge is -2.19. The topological polar surface area (TPSA) is 72.9 Å². The fraction of sp³-hybridized carbons (Fsp3) is 0.222. The van der Waals surface area contributed by atoms with Crippen LogP contribution in [0.4, 0.5) is 19.0 Å². The van der Waals surface area contributed by atoms with E-state index in [1.807, 2.05) is 43.5 Å². The molecule has 1 aromatic carbocycles. The Bertz CT molecular complexity index is 1120. The molecule has 4 aromatic rings. The van der Waals surface area contributed by atoms with Crippen molar-refractivity contribution in [1.29, 1.82) is 0 Å². The summed E-state index contributed by atoms with van der Waals surface area (Å²) in [7, 11) is 0. The molecule has 0 fully saturated rings. The first kappa shape index (κ1) is 18.0. The van der Waals surface area contributed by atoms with Gasteiger partial charge in [-0.15, -0.1) is 5.10 Å². The fourth-order valence-electron chi connectivity index (χ4n) is 2.98. The van der Waals surface area contributed by atoms with E-state index in [2.05, 4.69) is 25.5 Å².